The van der Waals surface area contributed by atoms with Crippen LogP contribution in [-0.4, -0.2) is 72.9 Å². The van der Waals surface area contributed by atoms with Crippen LogP contribution >= 0.6 is 0 Å². The van der Waals surface area contributed by atoms with E-state index in [2.05, 4.69) is 5.32 Å². The van der Waals surface area contributed by atoms with Gasteiger partial charge in [0.25, 0.3) is 0 Å². The first-order chi connectivity index (χ1) is 21.1. The molecule has 2 heterocycles. The van der Waals surface area contributed by atoms with E-state index in [9.17, 15) is 32.6 Å². The SMILES string of the molecule is CC1(C)OB(O)c2cc(CC(=O)[C@@H](Cc3ccc(C(F)(F)F)cc3)NC(=O)[C@@H](N)CCC(=O)N3C[C@H](CN)[C@@H](CN)C3)ccc21. The normalized spacial score (nSPS) is 20.6. The summed E-state index contributed by atoms with van der Waals surface area (Å²) in [5, 5.41) is 13.0. The molecule has 10 nitrogen and oxygen atoms in total. The van der Waals surface area contributed by atoms with Crippen molar-refractivity contribution in [1.29, 1.82) is 0 Å². The van der Waals surface area contributed by atoms with Gasteiger partial charge in [0.2, 0.25) is 11.8 Å². The molecule has 2 aromatic rings. The molecule has 0 bridgehead atoms. The van der Waals surface area contributed by atoms with E-state index in [1.807, 2.05) is 13.8 Å². The minimum Gasteiger partial charge on any atom is -0.423 e. The van der Waals surface area contributed by atoms with Gasteiger partial charge in [-0.1, -0.05) is 30.3 Å². The van der Waals surface area contributed by atoms with Crippen molar-refractivity contribution in [3.8, 4) is 0 Å². The first-order valence-corrected chi connectivity index (χ1v) is 15.0. The van der Waals surface area contributed by atoms with Gasteiger partial charge >= 0.3 is 13.3 Å². The number of benzene rings is 2. The lowest BCUT2D eigenvalue weighted by Gasteiger charge is -2.22. The van der Waals surface area contributed by atoms with Crippen molar-refractivity contribution in [2.24, 2.45) is 29.0 Å². The Morgan fingerprint density at radius 3 is 2.24 bits per heavy atom. The summed E-state index contributed by atoms with van der Waals surface area (Å²) in [5.74, 6) is -1.01. The number of rotatable bonds is 12. The molecule has 45 heavy (non-hydrogen) atoms. The Balaban J connectivity index is 1.44. The van der Waals surface area contributed by atoms with E-state index < -0.39 is 48.2 Å². The molecule has 0 aromatic heterocycles. The third kappa shape index (κ3) is 8.30. The van der Waals surface area contributed by atoms with Gasteiger partial charge in [-0.25, -0.2) is 0 Å². The number of likely N-dealkylation sites (tertiary alicyclic amines) is 1. The molecule has 8 N–H and O–H groups in total. The fourth-order valence-electron chi connectivity index (χ4n) is 6.04. The number of carbonyl (C=O) groups excluding carboxylic acids is 3. The number of nitrogens with zero attached hydrogens (tertiary/aromatic N) is 1. The third-order valence-corrected chi connectivity index (χ3v) is 8.78. The van der Waals surface area contributed by atoms with Crippen LogP contribution in [0, 0.1) is 11.8 Å². The van der Waals surface area contributed by atoms with E-state index >= 15 is 0 Å². The molecule has 0 aliphatic carbocycles. The van der Waals surface area contributed by atoms with E-state index in [4.69, 9.17) is 21.9 Å². The zero-order valence-electron chi connectivity index (χ0n) is 25.5. The minimum absolute atomic E-state index is 0.0105. The Hall–Kier alpha value is -3.30. The molecule has 0 spiro atoms. The van der Waals surface area contributed by atoms with E-state index in [1.54, 1.807) is 23.1 Å². The number of amides is 2. The molecule has 1 saturated heterocycles. The van der Waals surface area contributed by atoms with Crippen molar-refractivity contribution in [3.63, 3.8) is 0 Å². The lowest BCUT2D eigenvalue weighted by atomic mass is 9.77. The van der Waals surface area contributed by atoms with E-state index in [0.29, 0.717) is 42.8 Å². The molecular formula is C31H41BF3N5O5. The van der Waals surface area contributed by atoms with Crippen LogP contribution in [0.25, 0.3) is 0 Å². The molecule has 4 rings (SSSR count). The Bertz CT molecular complexity index is 1380. The van der Waals surface area contributed by atoms with Gasteiger partial charge in [0.1, 0.15) is 0 Å². The van der Waals surface area contributed by atoms with Gasteiger partial charge in [-0.3, -0.25) is 14.4 Å². The zero-order chi connectivity index (χ0) is 33.1. The summed E-state index contributed by atoms with van der Waals surface area (Å²) in [5.41, 5.74) is 18.5. The number of hydrogen-bond acceptors (Lipinski definition) is 8. The van der Waals surface area contributed by atoms with Crippen molar-refractivity contribution in [3.05, 3.63) is 64.7 Å². The number of fused-ring (bicyclic) bond motifs is 1. The highest BCUT2D eigenvalue weighted by Crippen LogP contribution is 2.31. The second-order valence-electron chi connectivity index (χ2n) is 12.4. The average molecular weight is 632 g/mol. The highest BCUT2D eigenvalue weighted by atomic mass is 19.4. The van der Waals surface area contributed by atoms with Gasteiger partial charge in [0.15, 0.2) is 5.78 Å². The van der Waals surface area contributed by atoms with Gasteiger partial charge in [-0.05, 0) is 85.9 Å². The number of ketones is 1. The summed E-state index contributed by atoms with van der Waals surface area (Å²) in [6.07, 6.45) is -4.68. The monoisotopic (exact) mass is 631 g/mol. The largest absolute Gasteiger partial charge is 0.492 e. The van der Waals surface area contributed by atoms with Gasteiger partial charge < -0.3 is 37.1 Å². The number of alkyl halides is 3. The molecule has 0 unspecified atom stereocenters. The van der Waals surface area contributed by atoms with Gasteiger partial charge in [-0.2, -0.15) is 13.2 Å². The number of halogens is 3. The summed E-state index contributed by atoms with van der Waals surface area (Å²) in [4.78, 5) is 41.2. The maximum atomic E-state index is 13.6. The van der Waals surface area contributed by atoms with E-state index in [1.165, 1.54) is 12.1 Å². The number of Topliss-reactive ketones (excluding diaryl/α,β-unsaturated/α-hetero) is 1. The number of carbonyl (C=O) groups is 3. The van der Waals surface area contributed by atoms with Gasteiger partial charge in [-0.15, -0.1) is 0 Å². The second-order valence-corrected chi connectivity index (χ2v) is 12.4. The molecule has 14 heteroatoms. The molecule has 4 atom stereocenters. The van der Waals surface area contributed by atoms with Crippen LogP contribution in [0.5, 0.6) is 0 Å². The summed E-state index contributed by atoms with van der Waals surface area (Å²) in [6.45, 7) is 5.45. The average Bonchev–Trinajstić information content (AvgIpc) is 3.51. The molecule has 2 aromatic carbocycles. The fourth-order valence-corrected chi connectivity index (χ4v) is 6.04. The van der Waals surface area contributed by atoms with Crippen LogP contribution in [0.2, 0.25) is 0 Å². The molecular weight excluding hydrogens is 590 g/mol. The lowest BCUT2D eigenvalue weighted by molar-refractivity contribution is -0.137. The number of nitrogens with one attached hydrogen (secondary N) is 1. The van der Waals surface area contributed by atoms with Crippen LogP contribution in [0.3, 0.4) is 0 Å². The first-order valence-electron chi connectivity index (χ1n) is 15.0. The fraction of sp³-hybridized carbons (Fsp3) is 0.516. The second kappa shape index (κ2) is 14.0. The predicted octanol–water partition coefficient (Wildman–Crippen LogP) is 0.597. The third-order valence-electron chi connectivity index (χ3n) is 8.78. The summed E-state index contributed by atoms with van der Waals surface area (Å²) >= 11 is 0. The highest BCUT2D eigenvalue weighted by Gasteiger charge is 2.41. The Labute approximate surface area is 261 Å². The number of hydrogen-bond donors (Lipinski definition) is 5. The molecule has 1 fully saturated rings. The standard InChI is InChI=1S/C31H41BF3N5O5/c1-30(2)23-8-5-19(11-24(23)32(44)45-30)13-27(41)26(12-18-3-6-22(7-4-18)31(33,34)35)39-29(43)25(38)9-10-28(42)40-16-20(14-36)21(15-37)17-40/h3-8,11,20-21,25-26,44H,9-10,12-17,36-38H2,1-2H3,(H,39,43)/t20-,21-,25-,26+/m0/s1. The van der Waals surface area contributed by atoms with Crippen LogP contribution in [0.1, 0.15) is 48.9 Å². The van der Waals surface area contributed by atoms with Crippen molar-refractivity contribution < 1.29 is 37.2 Å². The van der Waals surface area contributed by atoms with Crippen molar-refractivity contribution >= 4 is 30.2 Å². The van der Waals surface area contributed by atoms with E-state index in [-0.39, 0.29) is 43.4 Å². The highest BCUT2D eigenvalue weighted by molar-refractivity contribution is 6.62. The van der Waals surface area contributed by atoms with Crippen LogP contribution < -0.4 is 28.0 Å². The van der Waals surface area contributed by atoms with Crippen LogP contribution in [0.15, 0.2) is 42.5 Å². The van der Waals surface area contributed by atoms with E-state index in [0.717, 1.165) is 17.7 Å². The molecule has 244 valence electrons. The summed E-state index contributed by atoms with van der Waals surface area (Å²) in [7, 11) is -1.16. The number of nitrogens with two attached hydrogens (primary N) is 3. The first kappa shape index (κ1) is 34.6. The smallest absolute Gasteiger partial charge is 0.423 e. The van der Waals surface area contributed by atoms with Crippen LogP contribution in [0.4, 0.5) is 13.2 Å². The van der Waals surface area contributed by atoms with Crippen molar-refractivity contribution in [1.82, 2.24) is 10.2 Å². The molecule has 2 amide bonds. The molecule has 2 aliphatic heterocycles. The maximum Gasteiger partial charge on any atom is 0.492 e. The Kier molecular flexibility index (Phi) is 10.8. The van der Waals surface area contributed by atoms with Gasteiger partial charge in [0, 0.05) is 25.9 Å². The quantitative estimate of drug-likeness (QED) is 0.212. The topological polar surface area (TPSA) is 174 Å². The Morgan fingerprint density at radius 1 is 1.07 bits per heavy atom. The minimum atomic E-state index is -4.52. The van der Waals surface area contributed by atoms with Crippen LogP contribution in [-0.2, 0) is 43.7 Å². The van der Waals surface area contributed by atoms with Gasteiger partial charge in [0.05, 0.1) is 23.2 Å². The molecule has 0 radical (unpaired) electrons. The molecule has 2 aliphatic rings. The summed E-state index contributed by atoms with van der Waals surface area (Å²) < 4.78 is 44.9. The lowest BCUT2D eigenvalue weighted by Crippen LogP contribution is -2.50. The zero-order valence-corrected chi connectivity index (χ0v) is 25.5. The predicted molar refractivity (Wildman–Crippen MR) is 163 cm³/mol. The van der Waals surface area contributed by atoms with Crippen molar-refractivity contribution in [2.75, 3.05) is 26.2 Å². The Morgan fingerprint density at radius 2 is 1.67 bits per heavy atom. The van der Waals surface area contributed by atoms with Crippen molar-refractivity contribution in [2.45, 2.75) is 63.4 Å². The molecule has 0 saturated carbocycles. The summed E-state index contributed by atoms with van der Waals surface area (Å²) in [6, 6.07) is 7.32. The maximum absolute atomic E-state index is 13.6.